The molecule has 0 fully saturated rings. The van der Waals surface area contributed by atoms with E-state index >= 15 is 0 Å². The minimum Gasteiger partial charge on any atom is -0.465 e. The molecule has 0 aliphatic heterocycles. The molecule has 0 unspecified atom stereocenters. The third kappa shape index (κ3) is 3.57. The third-order valence-corrected chi connectivity index (χ3v) is 5.02. The molecule has 0 saturated carbocycles. The molecule has 3 rings (SSSR count). The molecule has 124 valence electrons. The van der Waals surface area contributed by atoms with Crippen molar-refractivity contribution in [1.29, 1.82) is 5.26 Å². The molecule has 0 atom stereocenters. The molecule has 2 aromatic heterocycles. The van der Waals surface area contributed by atoms with E-state index in [9.17, 15) is 14.9 Å². The molecule has 0 saturated heterocycles. The number of nitrogens with zero attached hydrogens (tertiary/aromatic N) is 2. The van der Waals surface area contributed by atoms with Crippen molar-refractivity contribution in [2.75, 3.05) is 12.4 Å². The molecule has 0 aliphatic rings. The lowest BCUT2D eigenvalue weighted by molar-refractivity contribution is 0.0600. The number of hydrogen-bond acceptors (Lipinski definition) is 7. The van der Waals surface area contributed by atoms with Gasteiger partial charge in [0.15, 0.2) is 5.13 Å². The Hall–Kier alpha value is -3.02. The first-order chi connectivity index (χ1) is 12.1. The molecular formula is C17H11N3O3S2. The first-order valence-corrected chi connectivity index (χ1v) is 8.76. The number of hydrogen-bond donors (Lipinski definition) is 1. The van der Waals surface area contributed by atoms with Gasteiger partial charge in [-0.15, -0.1) is 11.3 Å². The average molecular weight is 369 g/mol. The van der Waals surface area contributed by atoms with Gasteiger partial charge in [-0.1, -0.05) is 17.4 Å². The van der Waals surface area contributed by atoms with Crippen molar-refractivity contribution in [2.24, 2.45) is 0 Å². The van der Waals surface area contributed by atoms with Gasteiger partial charge in [0.05, 0.1) is 17.6 Å². The Balaban J connectivity index is 1.79. The summed E-state index contributed by atoms with van der Waals surface area (Å²) in [6.07, 6.45) is 0. The number of esters is 1. The van der Waals surface area contributed by atoms with Crippen LogP contribution in [-0.4, -0.2) is 24.0 Å². The number of carbonyl (C=O) groups is 2. The molecule has 6 nitrogen and oxygen atoms in total. The van der Waals surface area contributed by atoms with Gasteiger partial charge in [-0.25, -0.2) is 9.78 Å². The standard InChI is InChI=1S/C17H11N3O3S2/c1-23-16(22)11-6-4-10(5-7-11)15(21)20-17-19-14(13(9-18)25-17)12-3-2-8-24-12/h2-8H,1H3,(H,19,20,21). The molecule has 25 heavy (non-hydrogen) atoms. The fourth-order valence-corrected chi connectivity index (χ4v) is 3.63. The van der Waals surface area contributed by atoms with Gasteiger partial charge in [-0.3, -0.25) is 10.1 Å². The second-order valence-electron chi connectivity index (χ2n) is 4.81. The molecule has 1 N–H and O–H groups in total. The second kappa shape index (κ2) is 7.25. The second-order valence-corrected chi connectivity index (χ2v) is 6.76. The number of thiazole rings is 1. The number of carbonyl (C=O) groups excluding carboxylic acids is 2. The van der Waals surface area contributed by atoms with Crippen LogP contribution in [0, 0.1) is 11.3 Å². The van der Waals surface area contributed by atoms with Gasteiger partial charge in [-0.05, 0) is 35.7 Å². The van der Waals surface area contributed by atoms with E-state index in [0.29, 0.717) is 26.8 Å². The summed E-state index contributed by atoms with van der Waals surface area (Å²) >= 11 is 2.60. The lowest BCUT2D eigenvalue weighted by atomic mass is 10.1. The van der Waals surface area contributed by atoms with E-state index in [-0.39, 0.29) is 5.91 Å². The molecule has 0 spiro atoms. The zero-order valence-electron chi connectivity index (χ0n) is 13.0. The summed E-state index contributed by atoms with van der Waals surface area (Å²) in [5.41, 5.74) is 1.30. The van der Waals surface area contributed by atoms with E-state index in [1.807, 2.05) is 17.5 Å². The Labute approximate surface area is 151 Å². The predicted octanol–water partition coefficient (Wildman–Crippen LogP) is 3.78. The van der Waals surface area contributed by atoms with E-state index in [1.165, 1.54) is 42.7 Å². The van der Waals surface area contributed by atoms with Crippen molar-refractivity contribution in [1.82, 2.24) is 4.98 Å². The van der Waals surface area contributed by atoms with Gasteiger partial charge >= 0.3 is 5.97 Å². The Morgan fingerprint density at radius 1 is 1.20 bits per heavy atom. The van der Waals surface area contributed by atoms with Crippen LogP contribution in [0.15, 0.2) is 41.8 Å². The van der Waals surface area contributed by atoms with E-state index < -0.39 is 5.97 Å². The van der Waals surface area contributed by atoms with Gasteiger partial charge in [0, 0.05) is 5.56 Å². The summed E-state index contributed by atoms with van der Waals surface area (Å²) in [5, 5.41) is 14.2. The van der Waals surface area contributed by atoms with E-state index in [0.717, 1.165) is 16.2 Å². The lowest BCUT2D eigenvalue weighted by Gasteiger charge is -2.03. The number of amides is 1. The highest BCUT2D eigenvalue weighted by atomic mass is 32.1. The number of thiophene rings is 1. The molecule has 3 aromatic rings. The van der Waals surface area contributed by atoms with Crippen LogP contribution in [0.3, 0.4) is 0 Å². The van der Waals surface area contributed by atoms with Crippen LogP contribution in [-0.2, 0) is 4.74 Å². The number of ether oxygens (including phenoxy) is 1. The van der Waals surface area contributed by atoms with Gasteiger partial charge < -0.3 is 4.74 Å². The minimum atomic E-state index is -0.467. The van der Waals surface area contributed by atoms with Crippen molar-refractivity contribution in [3.8, 4) is 16.6 Å². The maximum atomic E-state index is 12.3. The minimum absolute atomic E-state index is 0.349. The smallest absolute Gasteiger partial charge is 0.337 e. The maximum Gasteiger partial charge on any atom is 0.337 e. The van der Waals surface area contributed by atoms with Crippen molar-refractivity contribution in [3.05, 3.63) is 57.8 Å². The zero-order chi connectivity index (χ0) is 17.8. The number of anilines is 1. The maximum absolute atomic E-state index is 12.3. The van der Waals surface area contributed by atoms with Crippen molar-refractivity contribution < 1.29 is 14.3 Å². The van der Waals surface area contributed by atoms with E-state index in [2.05, 4.69) is 21.1 Å². The zero-order valence-corrected chi connectivity index (χ0v) is 14.6. The summed E-state index contributed by atoms with van der Waals surface area (Å²) in [6, 6.07) is 11.9. The Morgan fingerprint density at radius 2 is 1.92 bits per heavy atom. The molecule has 0 bridgehead atoms. The summed E-state index contributed by atoms with van der Waals surface area (Å²) in [7, 11) is 1.30. The summed E-state index contributed by atoms with van der Waals surface area (Å²) in [5.74, 6) is -0.835. The fraction of sp³-hybridized carbons (Fsp3) is 0.0588. The Morgan fingerprint density at radius 3 is 2.52 bits per heavy atom. The summed E-state index contributed by atoms with van der Waals surface area (Å²) in [6.45, 7) is 0. The Kier molecular flexibility index (Phi) is 4.88. The largest absolute Gasteiger partial charge is 0.465 e. The van der Waals surface area contributed by atoms with Crippen LogP contribution in [0.1, 0.15) is 25.6 Å². The predicted molar refractivity (Wildman–Crippen MR) is 95.9 cm³/mol. The van der Waals surface area contributed by atoms with Crippen LogP contribution in [0.5, 0.6) is 0 Å². The van der Waals surface area contributed by atoms with Gasteiger partial charge in [0.25, 0.3) is 5.91 Å². The fourth-order valence-electron chi connectivity index (χ4n) is 2.07. The first kappa shape index (κ1) is 16.8. The van der Waals surface area contributed by atoms with Gasteiger partial charge in [0.2, 0.25) is 0 Å². The van der Waals surface area contributed by atoms with Crippen LogP contribution in [0.4, 0.5) is 5.13 Å². The number of nitrogens with one attached hydrogen (secondary N) is 1. The number of benzene rings is 1. The van der Waals surface area contributed by atoms with Gasteiger partial charge in [-0.2, -0.15) is 5.26 Å². The highest BCUT2D eigenvalue weighted by Gasteiger charge is 2.16. The quantitative estimate of drug-likeness (QED) is 0.707. The SMILES string of the molecule is COC(=O)c1ccc(C(=O)Nc2nc(-c3cccs3)c(C#N)s2)cc1. The highest BCUT2D eigenvalue weighted by molar-refractivity contribution is 7.18. The number of rotatable bonds is 4. The van der Waals surface area contributed by atoms with Crippen LogP contribution >= 0.6 is 22.7 Å². The van der Waals surface area contributed by atoms with Crippen LogP contribution in [0.25, 0.3) is 10.6 Å². The van der Waals surface area contributed by atoms with Crippen LogP contribution in [0.2, 0.25) is 0 Å². The third-order valence-electron chi connectivity index (χ3n) is 3.27. The van der Waals surface area contributed by atoms with Gasteiger partial charge in [0.1, 0.15) is 16.6 Å². The molecule has 8 heteroatoms. The monoisotopic (exact) mass is 369 g/mol. The summed E-state index contributed by atoms with van der Waals surface area (Å²) in [4.78, 5) is 29.4. The van der Waals surface area contributed by atoms with Crippen LogP contribution < -0.4 is 5.32 Å². The molecule has 2 heterocycles. The molecule has 0 aliphatic carbocycles. The average Bonchev–Trinajstić information content (AvgIpc) is 3.30. The van der Waals surface area contributed by atoms with E-state index in [1.54, 1.807) is 0 Å². The van der Waals surface area contributed by atoms with Crippen molar-refractivity contribution in [3.63, 3.8) is 0 Å². The highest BCUT2D eigenvalue weighted by Crippen LogP contribution is 2.33. The normalized spacial score (nSPS) is 10.1. The number of nitriles is 1. The Bertz CT molecular complexity index is 954. The summed E-state index contributed by atoms with van der Waals surface area (Å²) < 4.78 is 4.62. The topological polar surface area (TPSA) is 92.1 Å². The van der Waals surface area contributed by atoms with Crippen molar-refractivity contribution in [2.45, 2.75) is 0 Å². The molecule has 1 amide bonds. The molecular weight excluding hydrogens is 358 g/mol. The molecule has 1 aromatic carbocycles. The number of methoxy groups -OCH3 is 1. The molecule has 0 radical (unpaired) electrons. The van der Waals surface area contributed by atoms with Crippen molar-refractivity contribution >= 4 is 39.7 Å². The lowest BCUT2D eigenvalue weighted by Crippen LogP contribution is -2.12. The number of aromatic nitrogens is 1. The van der Waals surface area contributed by atoms with E-state index in [4.69, 9.17) is 0 Å². The first-order valence-electron chi connectivity index (χ1n) is 7.07.